The van der Waals surface area contributed by atoms with Gasteiger partial charge in [-0.2, -0.15) is 5.10 Å². The summed E-state index contributed by atoms with van der Waals surface area (Å²) in [4.78, 5) is 30.2. The van der Waals surface area contributed by atoms with Crippen LogP contribution in [-0.4, -0.2) is 57.6 Å². The maximum Gasteiger partial charge on any atom is 0.272 e. The molecule has 1 unspecified atom stereocenters. The number of carbonyl (C=O) groups excluding carboxylic acids is 2. The van der Waals surface area contributed by atoms with Crippen molar-refractivity contribution in [2.24, 2.45) is 13.0 Å². The van der Waals surface area contributed by atoms with Gasteiger partial charge in [0.25, 0.3) is 5.91 Å². The Labute approximate surface area is 189 Å². The Bertz CT molecular complexity index is 1100. The lowest BCUT2D eigenvalue weighted by molar-refractivity contribution is -0.134. The molecule has 0 radical (unpaired) electrons. The van der Waals surface area contributed by atoms with E-state index in [1.807, 2.05) is 28.9 Å². The Morgan fingerprint density at radius 1 is 1.06 bits per heavy atom. The number of rotatable bonds is 5. The van der Waals surface area contributed by atoms with E-state index in [1.54, 1.807) is 24.0 Å². The van der Waals surface area contributed by atoms with E-state index in [1.165, 1.54) is 5.56 Å². The molecule has 3 aromatic rings. The van der Waals surface area contributed by atoms with Crippen LogP contribution in [0.4, 0.5) is 0 Å². The van der Waals surface area contributed by atoms with E-state index in [4.69, 9.17) is 0 Å². The topological polar surface area (TPSA) is 58.4 Å². The van der Waals surface area contributed by atoms with E-state index in [-0.39, 0.29) is 17.7 Å². The average Bonchev–Trinajstić information content (AvgIpc) is 3.17. The van der Waals surface area contributed by atoms with Crippen molar-refractivity contribution in [3.8, 4) is 11.1 Å². The standard InChI is InChI=1S/C26H30N4O2/c1-4-29-15-16-30(26(32)24-13-14-27-28(24)3)18-22(25(29)31)17-21-7-5-6-8-23(21)20-11-9-19(2)10-12-20/h5-14,22H,4,15-18H2,1-3H3. The van der Waals surface area contributed by atoms with Gasteiger partial charge in [0, 0.05) is 39.4 Å². The van der Waals surface area contributed by atoms with Crippen molar-refractivity contribution in [3.63, 3.8) is 0 Å². The first-order valence-electron chi connectivity index (χ1n) is 11.2. The predicted octanol–water partition coefficient (Wildman–Crippen LogP) is 3.56. The second kappa shape index (κ2) is 9.39. The summed E-state index contributed by atoms with van der Waals surface area (Å²) in [6.07, 6.45) is 2.22. The third-order valence-corrected chi connectivity index (χ3v) is 6.30. The molecule has 2 heterocycles. The second-order valence-corrected chi connectivity index (χ2v) is 8.43. The average molecular weight is 431 g/mol. The van der Waals surface area contributed by atoms with Gasteiger partial charge >= 0.3 is 0 Å². The fourth-order valence-corrected chi connectivity index (χ4v) is 4.42. The van der Waals surface area contributed by atoms with Gasteiger partial charge in [-0.25, -0.2) is 0 Å². The Hall–Kier alpha value is -3.41. The predicted molar refractivity (Wildman–Crippen MR) is 125 cm³/mol. The molecule has 32 heavy (non-hydrogen) atoms. The quantitative estimate of drug-likeness (QED) is 0.622. The zero-order valence-electron chi connectivity index (χ0n) is 19.0. The van der Waals surface area contributed by atoms with E-state index in [0.717, 1.165) is 16.7 Å². The van der Waals surface area contributed by atoms with E-state index in [2.05, 4.69) is 48.4 Å². The van der Waals surface area contributed by atoms with Crippen LogP contribution in [-0.2, 0) is 18.3 Å². The van der Waals surface area contributed by atoms with Gasteiger partial charge in [0.1, 0.15) is 5.69 Å². The highest BCUT2D eigenvalue weighted by molar-refractivity contribution is 5.93. The largest absolute Gasteiger partial charge is 0.341 e. The molecule has 0 bridgehead atoms. The zero-order valence-corrected chi connectivity index (χ0v) is 19.0. The van der Waals surface area contributed by atoms with Crippen LogP contribution in [0.5, 0.6) is 0 Å². The molecule has 6 nitrogen and oxygen atoms in total. The van der Waals surface area contributed by atoms with E-state index in [9.17, 15) is 9.59 Å². The molecule has 0 aliphatic carbocycles. The lowest BCUT2D eigenvalue weighted by Gasteiger charge is -2.24. The molecule has 1 fully saturated rings. The SMILES string of the molecule is CCN1CCN(C(=O)c2ccnn2C)CC(Cc2ccccc2-c2ccc(C)cc2)C1=O. The number of likely N-dealkylation sites (N-methyl/N-ethyl adjacent to an activating group) is 1. The van der Waals surface area contributed by atoms with Crippen molar-refractivity contribution < 1.29 is 9.59 Å². The van der Waals surface area contributed by atoms with Crippen LogP contribution in [0.1, 0.15) is 28.5 Å². The highest BCUT2D eigenvalue weighted by Gasteiger charge is 2.33. The number of benzene rings is 2. The minimum absolute atomic E-state index is 0.0763. The highest BCUT2D eigenvalue weighted by atomic mass is 16.2. The molecule has 0 saturated carbocycles. The van der Waals surface area contributed by atoms with Gasteiger partial charge in [-0.3, -0.25) is 14.3 Å². The molecule has 1 atom stereocenters. The van der Waals surface area contributed by atoms with Gasteiger partial charge in [0.2, 0.25) is 5.91 Å². The fourth-order valence-electron chi connectivity index (χ4n) is 4.42. The fraction of sp³-hybridized carbons (Fsp3) is 0.346. The molecule has 1 aliphatic rings. The van der Waals surface area contributed by atoms with E-state index in [0.29, 0.717) is 38.3 Å². The minimum Gasteiger partial charge on any atom is -0.341 e. The molecule has 1 saturated heterocycles. The zero-order chi connectivity index (χ0) is 22.7. The minimum atomic E-state index is -0.291. The summed E-state index contributed by atoms with van der Waals surface area (Å²) in [5.74, 6) is -0.250. The number of nitrogens with zero attached hydrogens (tertiary/aromatic N) is 4. The smallest absolute Gasteiger partial charge is 0.272 e. The molecule has 6 heteroatoms. The summed E-state index contributed by atoms with van der Waals surface area (Å²) in [6, 6.07) is 18.4. The monoisotopic (exact) mass is 430 g/mol. The molecule has 2 aromatic carbocycles. The summed E-state index contributed by atoms with van der Waals surface area (Å²) >= 11 is 0. The normalized spacial score (nSPS) is 16.8. The molecule has 166 valence electrons. The molecule has 4 rings (SSSR count). The van der Waals surface area contributed by atoms with Crippen molar-refractivity contribution in [1.82, 2.24) is 19.6 Å². The number of aromatic nitrogens is 2. The summed E-state index contributed by atoms with van der Waals surface area (Å²) in [6.45, 7) is 6.19. The maximum absolute atomic E-state index is 13.4. The van der Waals surface area contributed by atoms with Crippen molar-refractivity contribution in [1.29, 1.82) is 0 Å². The molecule has 0 N–H and O–H groups in total. The van der Waals surface area contributed by atoms with Gasteiger partial charge in [0.15, 0.2) is 0 Å². The second-order valence-electron chi connectivity index (χ2n) is 8.43. The Kier molecular flexibility index (Phi) is 6.40. The third kappa shape index (κ3) is 4.44. The number of aryl methyl sites for hydroxylation is 2. The van der Waals surface area contributed by atoms with E-state index < -0.39 is 0 Å². The van der Waals surface area contributed by atoms with Crippen LogP contribution in [0, 0.1) is 12.8 Å². The first-order chi connectivity index (χ1) is 15.5. The summed E-state index contributed by atoms with van der Waals surface area (Å²) in [5.41, 5.74) is 5.16. The molecule has 2 amide bonds. The number of hydrogen-bond donors (Lipinski definition) is 0. The molecular formula is C26H30N4O2. The van der Waals surface area contributed by atoms with Crippen molar-refractivity contribution in [2.45, 2.75) is 20.3 Å². The lowest BCUT2D eigenvalue weighted by Crippen LogP contribution is -2.38. The summed E-state index contributed by atoms with van der Waals surface area (Å²) in [5, 5.41) is 4.13. The number of hydrogen-bond acceptors (Lipinski definition) is 3. The van der Waals surface area contributed by atoms with Crippen LogP contribution in [0.2, 0.25) is 0 Å². The molecule has 1 aromatic heterocycles. The van der Waals surface area contributed by atoms with Crippen molar-refractivity contribution in [3.05, 3.63) is 77.6 Å². The van der Waals surface area contributed by atoms with Crippen LogP contribution in [0.15, 0.2) is 60.8 Å². The molecule has 0 spiro atoms. The van der Waals surface area contributed by atoms with Gasteiger partial charge in [-0.1, -0.05) is 54.1 Å². The Balaban J connectivity index is 1.64. The molecule has 1 aliphatic heterocycles. The number of carbonyl (C=O) groups is 2. The van der Waals surface area contributed by atoms with E-state index >= 15 is 0 Å². The Morgan fingerprint density at radius 2 is 1.81 bits per heavy atom. The van der Waals surface area contributed by atoms with Gasteiger partial charge in [-0.05, 0) is 43.0 Å². The van der Waals surface area contributed by atoms with Crippen molar-refractivity contribution >= 4 is 11.8 Å². The lowest BCUT2D eigenvalue weighted by atomic mass is 9.91. The summed E-state index contributed by atoms with van der Waals surface area (Å²) in [7, 11) is 1.77. The maximum atomic E-state index is 13.4. The van der Waals surface area contributed by atoms with Crippen LogP contribution in [0.3, 0.4) is 0 Å². The van der Waals surface area contributed by atoms with Gasteiger partial charge in [-0.15, -0.1) is 0 Å². The number of amides is 2. The van der Waals surface area contributed by atoms with Gasteiger partial charge < -0.3 is 9.80 Å². The third-order valence-electron chi connectivity index (χ3n) is 6.30. The van der Waals surface area contributed by atoms with Crippen LogP contribution in [0.25, 0.3) is 11.1 Å². The van der Waals surface area contributed by atoms with Crippen LogP contribution < -0.4 is 0 Å². The summed E-state index contributed by atoms with van der Waals surface area (Å²) < 4.78 is 1.59. The first kappa shape index (κ1) is 21.8. The first-order valence-corrected chi connectivity index (χ1v) is 11.2. The Morgan fingerprint density at radius 3 is 2.50 bits per heavy atom. The molecular weight excluding hydrogens is 400 g/mol. The van der Waals surface area contributed by atoms with Gasteiger partial charge in [0.05, 0.1) is 5.92 Å². The highest BCUT2D eigenvalue weighted by Crippen LogP contribution is 2.28. The van der Waals surface area contributed by atoms with Crippen molar-refractivity contribution in [2.75, 3.05) is 26.2 Å². The van der Waals surface area contributed by atoms with Crippen LogP contribution >= 0.6 is 0 Å².